The summed E-state index contributed by atoms with van der Waals surface area (Å²) < 4.78 is 33.4. The van der Waals surface area contributed by atoms with Crippen molar-refractivity contribution < 1.29 is 17.9 Å². The van der Waals surface area contributed by atoms with Gasteiger partial charge < -0.3 is 10.1 Å². The molecule has 1 heterocycles. The molecule has 1 amide bonds. The summed E-state index contributed by atoms with van der Waals surface area (Å²) in [5.41, 5.74) is 1.08. The van der Waals surface area contributed by atoms with Crippen molar-refractivity contribution in [1.29, 1.82) is 0 Å². The molecule has 4 rings (SSSR count). The highest BCUT2D eigenvalue weighted by atomic mass is 35.5. The van der Waals surface area contributed by atoms with Crippen LogP contribution in [0.3, 0.4) is 0 Å². The van der Waals surface area contributed by atoms with Crippen LogP contribution in [0.5, 0.6) is 11.5 Å². The fraction of sp³-hybridized carbons (Fsp3) is 0.240. The molecule has 1 aliphatic rings. The molecular formula is C25H24Cl2N2O4S. The molecule has 3 aromatic carbocycles. The predicted molar refractivity (Wildman–Crippen MR) is 135 cm³/mol. The number of sulfonamides is 1. The zero-order chi connectivity index (χ0) is 24.1. The van der Waals surface area contributed by atoms with Crippen molar-refractivity contribution in [3.63, 3.8) is 0 Å². The van der Waals surface area contributed by atoms with Gasteiger partial charge in [0.15, 0.2) is 5.75 Å². The minimum Gasteiger partial charge on any atom is -0.455 e. The third kappa shape index (κ3) is 6.10. The standard InChI is InChI=1S/C25H24Cl2N2O4S/c26-21-13-12-18(15-22(21)27)17-34(31,32)29-14-6-7-19(16-29)25(30)28-23-10-4-5-11-24(23)33-20-8-2-1-3-9-20/h1-5,8-13,15,19H,6-7,14,16-17H2,(H,28,30). The summed E-state index contributed by atoms with van der Waals surface area (Å²) in [4.78, 5) is 13.1. The van der Waals surface area contributed by atoms with Crippen molar-refractivity contribution in [3.8, 4) is 11.5 Å². The maximum atomic E-state index is 13.1. The molecule has 34 heavy (non-hydrogen) atoms. The minimum absolute atomic E-state index is 0.122. The fourth-order valence-corrected chi connectivity index (χ4v) is 5.77. The highest BCUT2D eigenvalue weighted by molar-refractivity contribution is 7.88. The fourth-order valence-electron chi connectivity index (χ4n) is 3.85. The largest absolute Gasteiger partial charge is 0.455 e. The Kier molecular flexibility index (Phi) is 7.78. The summed E-state index contributed by atoms with van der Waals surface area (Å²) in [5.74, 6) is 0.260. The zero-order valence-corrected chi connectivity index (χ0v) is 20.6. The molecule has 0 bridgehead atoms. The van der Waals surface area contributed by atoms with Gasteiger partial charge in [-0.25, -0.2) is 12.7 Å². The van der Waals surface area contributed by atoms with E-state index in [1.807, 2.05) is 42.5 Å². The third-order valence-corrected chi connectivity index (χ3v) is 8.15. The normalized spacial score (nSPS) is 16.7. The van der Waals surface area contributed by atoms with Crippen molar-refractivity contribution in [2.45, 2.75) is 18.6 Å². The quantitative estimate of drug-likeness (QED) is 0.418. The molecule has 0 saturated carbocycles. The lowest BCUT2D eigenvalue weighted by molar-refractivity contribution is -0.120. The van der Waals surface area contributed by atoms with E-state index in [1.54, 1.807) is 30.3 Å². The van der Waals surface area contributed by atoms with E-state index in [2.05, 4.69) is 5.32 Å². The van der Waals surface area contributed by atoms with Gasteiger partial charge in [0.2, 0.25) is 15.9 Å². The first-order valence-electron chi connectivity index (χ1n) is 10.9. The lowest BCUT2D eigenvalue weighted by atomic mass is 9.98. The van der Waals surface area contributed by atoms with E-state index >= 15 is 0 Å². The lowest BCUT2D eigenvalue weighted by Gasteiger charge is -2.31. The second-order valence-corrected chi connectivity index (χ2v) is 10.9. The van der Waals surface area contributed by atoms with Crippen molar-refractivity contribution >= 4 is 44.8 Å². The van der Waals surface area contributed by atoms with E-state index < -0.39 is 15.9 Å². The van der Waals surface area contributed by atoms with Crippen molar-refractivity contribution in [1.82, 2.24) is 4.31 Å². The van der Waals surface area contributed by atoms with Crippen LogP contribution in [-0.4, -0.2) is 31.7 Å². The SMILES string of the molecule is O=C(Nc1ccccc1Oc1ccccc1)C1CCCN(S(=O)(=O)Cc2ccc(Cl)c(Cl)c2)C1. The average molecular weight is 519 g/mol. The Balaban J connectivity index is 1.43. The lowest BCUT2D eigenvalue weighted by Crippen LogP contribution is -2.44. The Labute approximate surface area is 209 Å². The maximum absolute atomic E-state index is 13.1. The minimum atomic E-state index is -3.63. The topological polar surface area (TPSA) is 75.7 Å². The molecule has 1 atom stereocenters. The highest BCUT2D eigenvalue weighted by Gasteiger charge is 2.32. The molecule has 1 unspecified atom stereocenters. The van der Waals surface area contributed by atoms with E-state index in [1.165, 1.54) is 4.31 Å². The van der Waals surface area contributed by atoms with Crippen LogP contribution in [0.25, 0.3) is 0 Å². The summed E-state index contributed by atoms with van der Waals surface area (Å²) in [6.45, 7) is 0.498. The molecule has 6 nitrogen and oxygen atoms in total. The van der Waals surface area contributed by atoms with Crippen LogP contribution >= 0.6 is 23.2 Å². The van der Waals surface area contributed by atoms with Gasteiger partial charge in [-0.2, -0.15) is 0 Å². The van der Waals surface area contributed by atoms with E-state index in [0.717, 1.165) is 0 Å². The smallest absolute Gasteiger partial charge is 0.228 e. The van der Waals surface area contributed by atoms with Crippen LogP contribution in [-0.2, 0) is 20.6 Å². The number of carbonyl (C=O) groups excluding carboxylic acids is 1. The molecule has 1 aliphatic heterocycles. The number of halogens is 2. The van der Waals surface area contributed by atoms with Crippen molar-refractivity contribution in [3.05, 3.63) is 88.4 Å². The molecule has 1 saturated heterocycles. The number of nitrogens with zero attached hydrogens (tertiary/aromatic N) is 1. The van der Waals surface area contributed by atoms with Gasteiger partial charge in [0.1, 0.15) is 5.75 Å². The molecule has 9 heteroatoms. The van der Waals surface area contributed by atoms with Gasteiger partial charge in [-0.1, -0.05) is 59.6 Å². The summed E-state index contributed by atoms with van der Waals surface area (Å²) >= 11 is 12.0. The summed E-state index contributed by atoms with van der Waals surface area (Å²) in [7, 11) is -3.63. The van der Waals surface area contributed by atoms with Gasteiger partial charge in [-0.15, -0.1) is 0 Å². The van der Waals surface area contributed by atoms with Crippen molar-refractivity contribution in [2.24, 2.45) is 5.92 Å². The zero-order valence-electron chi connectivity index (χ0n) is 18.3. The van der Waals surface area contributed by atoms with Crippen molar-refractivity contribution in [2.75, 3.05) is 18.4 Å². The molecule has 0 radical (unpaired) electrons. The number of anilines is 1. The van der Waals surface area contributed by atoms with Crippen LogP contribution in [0.15, 0.2) is 72.8 Å². The van der Waals surface area contributed by atoms with Crippen LogP contribution in [0.1, 0.15) is 18.4 Å². The first-order chi connectivity index (χ1) is 16.3. The number of ether oxygens (including phenoxy) is 1. The van der Waals surface area contributed by atoms with Gasteiger partial charge in [-0.05, 0) is 54.8 Å². The number of rotatable bonds is 7. The van der Waals surface area contributed by atoms with Crippen LogP contribution in [0, 0.1) is 5.92 Å². The highest BCUT2D eigenvalue weighted by Crippen LogP contribution is 2.31. The molecule has 0 aliphatic carbocycles. The molecule has 0 spiro atoms. The van der Waals surface area contributed by atoms with Crippen LogP contribution < -0.4 is 10.1 Å². The van der Waals surface area contributed by atoms with Gasteiger partial charge in [-0.3, -0.25) is 4.79 Å². The maximum Gasteiger partial charge on any atom is 0.228 e. The van der Waals surface area contributed by atoms with Gasteiger partial charge in [0.05, 0.1) is 27.4 Å². The Morgan fingerprint density at radius 3 is 2.50 bits per heavy atom. The first-order valence-corrected chi connectivity index (χ1v) is 13.2. The number of hydrogen-bond donors (Lipinski definition) is 1. The summed E-state index contributed by atoms with van der Waals surface area (Å²) in [6, 6.07) is 21.2. The number of nitrogens with one attached hydrogen (secondary N) is 1. The summed E-state index contributed by atoms with van der Waals surface area (Å²) in [6.07, 6.45) is 1.20. The van der Waals surface area contributed by atoms with Gasteiger partial charge in [0, 0.05) is 13.1 Å². The predicted octanol–water partition coefficient (Wildman–Crippen LogP) is 5.97. The monoisotopic (exact) mass is 518 g/mol. The summed E-state index contributed by atoms with van der Waals surface area (Å²) in [5, 5.41) is 3.59. The number of benzene rings is 3. The second kappa shape index (κ2) is 10.8. The molecule has 1 N–H and O–H groups in total. The van der Waals surface area contributed by atoms with E-state index in [-0.39, 0.29) is 18.2 Å². The Morgan fingerprint density at radius 1 is 1.00 bits per heavy atom. The van der Waals surface area contributed by atoms with E-state index in [0.29, 0.717) is 52.2 Å². The van der Waals surface area contributed by atoms with E-state index in [4.69, 9.17) is 27.9 Å². The first kappa shape index (κ1) is 24.5. The second-order valence-electron chi connectivity index (χ2n) is 8.10. The molecule has 1 fully saturated rings. The van der Waals surface area contributed by atoms with E-state index in [9.17, 15) is 13.2 Å². The van der Waals surface area contributed by atoms with Crippen LogP contribution in [0.4, 0.5) is 5.69 Å². The van der Waals surface area contributed by atoms with Crippen LogP contribution in [0.2, 0.25) is 10.0 Å². The third-order valence-electron chi connectivity index (χ3n) is 5.60. The number of amides is 1. The number of carbonyl (C=O) groups is 1. The molecule has 3 aromatic rings. The van der Waals surface area contributed by atoms with Gasteiger partial charge in [0.25, 0.3) is 0 Å². The number of piperidine rings is 1. The number of para-hydroxylation sites is 3. The van der Waals surface area contributed by atoms with Gasteiger partial charge >= 0.3 is 0 Å². The molecule has 0 aromatic heterocycles. The molecule has 178 valence electrons. The Morgan fingerprint density at radius 2 is 1.74 bits per heavy atom. The average Bonchev–Trinajstić information content (AvgIpc) is 2.83. The molecular weight excluding hydrogens is 495 g/mol. The Bertz CT molecular complexity index is 1270. The number of hydrogen-bond acceptors (Lipinski definition) is 4. The Hall–Kier alpha value is -2.58.